The molecule has 0 aliphatic heterocycles. The molecule has 1 amide bonds. The third-order valence-corrected chi connectivity index (χ3v) is 5.27. The second-order valence-corrected chi connectivity index (χ2v) is 7.34. The summed E-state index contributed by atoms with van der Waals surface area (Å²) in [6, 6.07) is 8.77. The van der Waals surface area contributed by atoms with Crippen LogP contribution in [0.25, 0.3) is 0 Å². The number of amides is 1. The van der Waals surface area contributed by atoms with Crippen molar-refractivity contribution in [1.29, 1.82) is 0 Å². The predicted octanol–water partition coefficient (Wildman–Crippen LogP) is 4.11. The Morgan fingerprint density at radius 3 is 2.45 bits per heavy atom. The Hall–Kier alpha value is -3.21. The van der Waals surface area contributed by atoms with Crippen molar-refractivity contribution >= 4 is 23.4 Å². The minimum absolute atomic E-state index is 0.141. The van der Waals surface area contributed by atoms with E-state index in [0.717, 1.165) is 23.9 Å². The van der Waals surface area contributed by atoms with Crippen molar-refractivity contribution in [3.05, 3.63) is 59.7 Å². The fourth-order valence-corrected chi connectivity index (χ4v) is 3.37. The average molecular weight is 452 g/mol. The van der Waals surface area contributed by atoms with E-state index in [1.807, 2.05) is 0 Å². The number of aromatic nitrogens is 3. The first-order chi connectivity index (χ1) is 14.8. The number of nitrogens with one attached hydrogen (secondary N) is 1. The number of ether oxygens (including phenoxy) is 2. The van der Waals surface area contributed by atoms with Crippen molar-refractivity contribution in [3.8, 4) is 11.5 Å². The Labute approximate surface area is 180 Å². The van der Waals surface area contributed by atoms with E-state index in [1.54, 1.807) is 49.9 Å². The molecule has 0 radical (unpaired) electrons. The minimum Gasteiger partial charge on any atom is -0.497 e. The first kappa shape index (κ1) is 22.5. The number of halogens is 3. The molecule has 3 rings (SSSR count). The highest BCUT2D eigenvalue weighted by Crippen LogP contribution is 2.25. The highest BCUT2D eigenvalue weighted by atomic mass is 32.2. The maximum absolute atomic E-state index is 13.7. The molecule has 0 saturated heterocycles. The number of carbonyl (C=O) groups is 1. The number of hydrogen-bond acceptors (Lipinski definition) is 6. The van der Waals surface area contributed by atoms with Gasteiger partial charge < -0.3 is 19.4 Å². The Morgan fingerprint density at radius 1 is 1.10 bits per heavy atom. The summed E-state index contributed by atoms with van der Waals surface area (Å²) in [7, 11) is 3.30. The summed E-state index contributed by atoms with van der Waals surface area (Å²) < 4.78 is 52.6. The molecule has 1 N–H and O–H groups in total. The zero-order chi connectivity index (χ0) is 22.5. The second-order valence-electron chi connectivity index (χ2n) is 6.40. The fourth-order valence-electron chi connectivity index (χ4n) is 2.66. The molecule has 0 aliphatic rings. The second kappa shape index (κ2) is 9.73. The van der Waals surface area contributed by atoms with Crippen molar-refractivity contribution < 1.29 is 27.4 Å². The van der Waals surface area contributed by atoms with Gasteiger partial charge in [0.2, 0.25) is 5.91 Å². The van der Waals surface area contributed by atoms with E-state index in [9.17, 15) is 18.0 Å². The van der Waals surface area contributed by atoms with Crippen molar-refractivity contribution in [3.63, 3.8) is 0 Å². The van der Waals surface area contributed by atoms with Crippen LogP contribution in [-0.2, 0) is 11.8 Å². The van der Waals surface area contributed by atoms with Crippen LogP contribution in [0.5, 0.6) is 11.5 Å². The van der Waals surface area contributed by atoms with Gasteiger partial charge >= 0.3 is 0 Å². The highest BCUT2D eigenvalue weighted by Gasteiger charge is 2.19. The van der Waals surface area contributed by atoms with Gasteiger partial charge in [0.15, 0.2) is 34.5 Å². The van der Waals surface area contributed by atoms with Gasteiger partial charge in [-0.05, 0) is 43.3 Å². The number of benzene rings is 2. The predicted molar refractivity (Wildman–Crippen MR) is 109 cm³/mol. The van der Waals surface area contributed by atoms with Crippen LogP contribution in [0.1, 0.15) is 18.9 Å². The summed E-state index contributed by atoms with van der Waals surface area (Å²) in [6.07, 6.45) is -0.426. The van der Waals surface area contributed by atoms with E-state index in [4.69, 9.17) is 9.47 Å². The third-order valence-electron chi connectivity index (χ3n) is 4.25. The van der Waals surface area contributed by atoms with Gasteiger partial charge in [-0.1, -0.05) is 11.8 Å². The van der Waals surface area contributed by atoms with E-state index in [1.165, 1.54) is 0 Å². The number of methoxy groups -OCH3 is 1. The summed E-state index contributed by atoms with van der Waals surface area (Å²) in [6.45, 7) is 1.81. The van der Waals surface area contributed by atoms with Gasteiger partial charge in [0, 0.05) is 7.05 Å². The molecule has 1 aromatic heterocycles. The molecular formula is C20H19F3N4O3S. The molecule has 11 heteroatoms. The molecule has 0 bridgehead atoms. The lowest BCUT2D eigenvalue weighted by molar-refractivity contribution is -0.113. The Bertz CT molecular complexity index is 1080. The zero-order valence-corrected chi connectivity index (χ0v) is 17.7. The molecule has 1 atom stereocenters. The van der Waals surface area contributed by atoms with Crippen LogP contribution in [0.4, 0.5) is 18.9 Å². The lowest BCUT2D eigenvalue weighted by Gasteiger charge is -2.14. The van der Waals surface area contributed by atoms with E-state index in [0.29, 0.717) is 22.5 Å². The van der Waals surface area contributed by atoms with Crippen molar-refractivity contribution in [1.82, 2.24) is 14.8 Å². The first-order valence-corrected chi connectivity index (χ1v) is 10.0. The van der Waals surface area contributed by atoms with Gasteiger partial charge in [0.25, 0.3) is 0 Å². The molecule has 1 unspecified atom stereocenters. The maximum atomic E-state index is 13.7. The van der Waals surface area contributed by atoms with Crippen LogP contribution in [-0.4, -0.2) is 33.5 Å². The first-order valence-electron chi connectivity index (χ1n) is 9.06. The summed E-state index contributed by atoms with van der Waals surface area (Å²) in [4.78, 5) is 12.1. The van der Waals surface area contributed by atoms with Gasteiger partial charge in [0.1, 0.15) is 11.5 Å². The molecule has 31 heavy (non-hydrogen) atoms. The summed E-state index contributed by atoms with van der Waals surface area (Å²) in [5, 5.41) is 10.8. The summed E-state index contributed by atoms with van der Waals surface area (Å²) in [5.74, 6) is -3.32. The van der Waals surface area contributed by atoms with Gasteiger partial charge in [-0.25, -0.2) is 13.2 Å². The smallest absolute Gasteiger partial charge is 0.234 e. The molecule has 0 saturated carbocycles. The molecule has 164 valence electrons. The topological polar surface area (TPSA) is 78.3 Å². The monoisotopic (exact) mass is 452 g/mol. The summed E-state index contributed by atoms with van der Waals surface area (Å²) >= 11 is 1.05. The van der Waals surface area contributed by atoms with E-state index >= 15 is 0 Å². The van der Waals surface area contributed by atoms with Gasteiger partial charge in [-0.15, -0.1) is 10.2 Å². The SMILES string of the molecule is COc1ccc(OC(C)c2nnc(SCC(=O)Nc3ccc(F)c(F)c3F)n2C)cc1. The normalized spacial score (nSPS) is 11.8. The number of anilines is 1. The number of carbonyl (C=O) groups excluding carboxylic acids is 1. The average Bonchev–Trinajstić information content (AvgIpc) is 3.13. The Morgan fingerprint density at radius 2 is 1.77 bits per heavy atom. The van der Waals surface area contributed by atoms with E-state index < -0.39 is 35.2 Å². The van der Waals surface area contributed by atoms with Crippen LogP contribution in [0.3, 0.4) is 0 Å². The van der Waals surface area contributed by atoms with Gasteiger partial charge in [-0.3, -0.25) is 4.79 Å². The lowest BCUT2D eigenvalue weighted by atomic mass is 10.3. The van der Waals surface area contributed by atoms with Crippen molar-refractivity contribution in [2.45, 2.75) is 18.2 Å². The van der Waals surface area contributed by atoms with Gasteiger partial charge in [0.05, 0.1) is 18.6 Å². The lowest BCUT2D eigenvalue weighted by Crippen LogP contribution is -2.16. The standard InChI is InChI=1S/C20H19F3N4O3S/c1-11(30-13-6-4-12(29-3)5-7-13)19-25-26-20(27(19)2)31-10-16(28)24-15-9-8-14(21)17(22)18(15)23/h4-9,11H,10H2,1-3H3,(H,24,28). The number of thioether (sulfide) groups is 1. The molecule has 2 aromatic carbocycles. The molecule has 0 spiro atoms. The molecule has 7 nitrogen and oxygen atoms in total. The molecule has 0 fully saturated rings. The van der Waals surface area contributed by atoms with E-state index in [-0.39, 0.29) is 5.75 Å². The molecule has 3 aromatic rings. The van der Waals surface area contributed by atoms with Crippen LogP contribution in [0, 0.1) is 17.5 Å². The van der Waals surface area contributed by atoms with Crippen LogP contribution in [0.15, 0.2) is 41.6 Å². The Balaban J connectivity index is 1.59. The Kier molecular flexibility index (Phi) is 7.06. The zero-order valence-electron chi connectivity index (χ0n) is 16.9. The molecule has 0 aliphatic carbocycles. The van der Waals surface area contributed by atoms with Gasteiger partial charge in [-0.2, -0.15) is 0 Å². The number of rotatable bonds is 8. The third kappa shape index (κ3) is 5.29. The van der Waals surface area contributed by atoms with Crippen LogP contribution < -0.4 is 14.8 Å². The summed E-state index contributed by atoms with van der Waals surface area (Å²) in [5.41, 5.74) is -0.440. The molecule has 1 heterocycles. The number of nitrogens with zero attached hydrogens (tertiary/aromatic N) is 3. The minimum atomic E-state index is -1.64. The maximum Gasteiger partial charge on any atom is 0.234 e. The quantitative estimate of drug-likeness (QED) is 0.409. The van der Waals surface area contributed by atoms with E-state index in [2.05, 4.69) is 15.5 Å². The number of hydrogen-bond donors (Lipinski definition) is 1. The molecular weight excluding hydrogens is 433 g/mol. The largest absolute Gasteiger partial charge is 0.497 e. The fraction of sp³-hybridized carbons (Fsp3) is 0.250. The van der Waals surface area contributed by atoms with Crippen molar-refractivity contribution in [2.24, 2.45) is 7.05 Å². The van der Waals surface area contributed by atoms with Crippen LogP contribution in [0.2, 0.25) is 0 Å². The van der Waals surface area contributed by atoms with Crippen LogP contribution >= 0.6 is 11.8 Å². The highest BCUT2D eigenvalue weighted by molar-refractivity contribution is 7.99. The van der Waals surface area contributed by atoms with Crippen molar-refractivity contribution in [2.75, 3.05) is 18.2 Å².